The Balaban J connectivity index is 2.39. The van der Waals surface area contributed by atoms with Gasteiger partial charge in [0.2, 0.25) is 0 Å². The van der Waals surface area contributed by atoms with Crippen molar-refractivity contribution in [2.45, 2.75) is 4.90 Å². The number of nitro groups is 1. The van der Waals surface area contributed by atoms with Gasteiger partial charge < -0.3 is 4.90 Å². The maximum atomic E-state index is 12.4. The van der Waals surface area contributed by atoms with Crippen LogP contribution >= 0.6 is 0 Å². The summed E-state index contributed by atoms with van der Waals surface area (Å²) in [7, 11) is -1.02. The summed E-state index contributed by atoms with van der Waals surface area (Å²) >= 11 is 0. The van der Waals surface area contributed by atoms with Gasteiger partial charge in [-0.2, -0.15) is 0 Å². The first-order valence-corrected chi connectivity index (χ1v) is 8.28. The lowest BCUT2D eigenvalue weighted by molar-refractivity contribution is -0.387. The van der Waals surface area contributed by atoms with Gasteiger partial charge in [-0.05, 0) is 24.3 Å². The van der Waals surface area contributed by atoms with E-state index in [0.717, 1.165) is 12.1 Å². The van der Waals surface area contributed by atoms with Gasteiger partial charge >= 0.3 is 0 Å². The van der Waals surface area contributed by atoms with Crippen LogP contribution in [0.3, 0.4) is 0 Å². The lowest BCUT2D eigenvalue weighted by Crippen LogP contribution is -2.22. The molecule has 0 aromatic heterocycles. The van der Waals surface area contributed by atoms with Crippen molar-refractivity contribution in [2.75, 3.05) is 18.8 Å². The Kier molecular flexibility index (Phi) is 4.84. The van der Waals surface area contributed by atoms with Gasteiger partial charge in [-0.3, -0.25) is 19.6 Å². The Bertz CT molecular complexity index is 893. The molecule has 0 spiro atoms. The van der Waals surface area contributed by atoms with Gasteiger partial charge in [0.05, 0.1) is 4.92 Å². The molecule has 0 bridgehead atoms. The van der Waals surface area contributed by atoms with E-state index >= 15 is 0 Å². The Morgan fingerprint density at radius 3 is 2.42 bits per heavy atom. The summed E-state index contributed by atoms with van der Waals surface area (Å²) in [6, 6.07) is 10.9. The fraction of sp³-hybridized carbons (Fsp3) is 0.133. The minimum Gasteiger partial charge on any atom is -0.345 e. The van der Waals surface area contributed by atoms with Crippen molar-refractivity contribution in [3.05, 3.63) is 64.2 Å². The molecule has 2 rings (SSSR count). The van der Waals surface area contributed by atoms with Gasteiger partial charge in [-0.25, -0.2) is 8.42 Å². The third-order valence-electron chi connectivity index (χ3n) is 3.12. The highest BCUT2D eigenvalue weighted by atomic mass is 32.2. The Morgan fingerprint density at radius 1 is 1.12 bits per heavy atom. The van der Waals surface area contributed by atoms with Crippen molar-refractivity contribution in [1.82, 2.24) is 4.90 Å². The van der Waals surface area contributed by atoms with E-state index in [4.69, 9.17) is 0 Å². The van der Waals surface area contributed by atoms with Crippen LogP contribution in [-0.2, 0) is 10.0 Å². The highest BCUT2D eigenvalue weighted by Crippen LogP contribution is 2.25. The molecule has 1 N–H and O–H groups in total. The molecule has 1 amide bonds. The van der Waals surface area contributed by atoms with Crippen molar-refractivity contribution < 1.29 is 18.1 Å². The van der Waals surface area contributed by atoms with Crippen molar-refractivity contribution in [2.24, 2.45) is 0 Å². The zero-order valence-electron chi connectivity index (χ0n) is 13.0. The molecule has 2 aromatic rings. The number of rotatable bonds is 5. The van der Waals surface area contributed by atoms with E-state index in [0.29, 0.717) is 5.56 Å². The number of nitrogens with zero attached hydrogens (tertiary/aromatic N) is 2. The normalized spacial score (nSPS) is 10.9. The molecule has 0 saturated carbocycles. The molecular formula is C15H15N3O5S. The summed E-state index contributed by atoms with van der Waals surface area (Å²) in [5.74, 6) is -0.290. The largest absolute Gasteiger partial charge is 0.345 e. The van der Waals surface area contributed by atoms with Crippen LogP contribution in [0.4, 0.5) is 11.4 Å². The number of amides is 1. The first-order chi connectivity index (χ1) is 11.2. The third-order valence-corrected chi connectivity index (χ3v) is 4.55. The van der Waals surface area contributed by atoms with Gasteiger partial charge in [0.25, 0.3) is 21.6 Å². The smallest absolute Gasteiger partial charge is 0.289 e. The minimum atomic E-state index is -4.17. The van der Waals surface area contributed by atoms with Gasteiger partial charge in [0, 0.05) is 31.4 Å². The van der Waals surface area contributed by atoms with Gasteiger partial charge in [0.1, 0.15) is 0 Å². The Labute approximate surface area is 138 Å². The number of carbonyl (C=O) groups excluding carboxylic acids is 1. The van der Waals surface area contributed by atoms with Crippen molar-refractivity contribution in [3.8, 4) is 0 Å². The second-order valence-corrected chi connectivity index (χ2v) is 6.76. The van der Waals surface area contributed by atoms with E-state index < -0.39 is 25.5 Å². The fourth-order valence-electron chi connectivity index (χ4n) is 2.02. The maximum absolute atomic E-state index is 12.4. The van der Waals surface area contributed by atoms with E-state index in [1.165, 1.54) is 35.2 Å². The van der Waals surface area contributed by atoms with Crippen LogP contribution < -0.4 is 4.72 Å². The molecule has 0 heterocycles. The molecule has 0 aliphatic carbocycles. The summed E-state index contributed by atoms with van der Waals surface area (Å²) in [6.07, 6.45) is 0. The second kappa shape index (κ2) is 6.67. The lowest BCUT2D eigenvalue weighted by Gasteiger charge is -2.12. The highest BCUT2D eigenvalue weighted by molar-refractivity contribution is 7.92. The molecule has 0 atom stereocenters. The van der Waals surface area contributed by atoms with E-state index in [1.54, 1.807) is 20.2 Å². The molecular weight excluding hydrogens is 334 g/mol. The predicted molar refractivity (Wildman–Crippen MR) is 88.4 cm³/mol. The van der Waals surface area contributed by atoms with Gasteiger partial charge in [0.15, 0.2) is 4.90 Å². The van der Waals surface area contributed by atoms with E-state index in [9.17, 15) is 23.3 Å². The molecule has 8 nitrogen and oxygen atoms in total. The SMILES string of the molecule is CN(C)C(=O)c1cccc(NS(=O)(=O)c2ccccc2[N+](=O)[O-])c1. The van der Waals surface area contributed by atoms with Crippen LogP contribution in [0.15, 0.2) is 53.4 Å². The van der Waals surface area contributed by atoms with Crippen LogP contribution in [0, 0.1) is 10.1 Å². The zero-order chi connectivity index (χ0) is 17.9. The van der Waals surface area contributed by atoms with Crippen LogP contribution in [0.5, 0.6) is 0 Å². The summed E-state index contributed by atoms with van der Waals surface area (Å²) in [5, 5.41) is 11.0. The number of nitrogens with one attached hydrogen (secondary N) is 1. The van der Waals surface area contributed by atoms with E-state index in [2.05, 4.69) is 4.72 Å². The lowest BCUT2D eigenvalue weighted by atomic mass is 10.2. The first-order valence-electron chi connectivity index (χ1n) is 6.80. The first kappa shape index (κ1) is 17.4. The third kappa shape index (κ3) is 3.69. The molecule has 0 radical (unpaired) electrons. The molecule has 24 heavy (non-hydrogen) atoms. The quantitative estimate of drug-likeness (QED) is 0.656. The van der Waals surface area contributed by atoms with Crippen molar-refractivity contribution in [1.29, 1.82) is 0 Å². The van der Waals surface area contributed by atoms with Crippen LogP contribution in [0.1, 0.15) is 10.4 Å². The molecule has 9 heteroatoms. The monoisotopic (exact) mass is 349 g/mol. The average molecular weight is 349 g/mol. The minimum absolute atomic E-state index is 0.140. The number of sulfonamides is 1. The number of anilines is 1. The van der Waals surface area contributed by atoms with Crippen LogP contribution in [0.25, 0.3) is 0 Å². The topological polar surface area (TPSA) is 110 Å². The zero-order valence-corrected chi connectivity index (χ0v) is 13.8. The fourth-order valence-corrected chi connectivity index (χ4v) is 3.24. The summed E-state index contributed by atoms with van der Waals surface area (Å²) in [6.45, 7) is 0. The number of benzene rings is 2. The van der Waals surface area contributed by atoms with Gasteiger partial charge in [-0.1, -0.05) is 18.2 Å². The number of hydrogen-bond donors (Lipinski definition) is 1. The predicted octanol–water partition coefficient (Wildman–Crippen LogP) is 2.10. The average Bonchev–Trinajstić information content (AvgIpc) is 2.53. The number of para-hydroxylation sites is 1. The Hall–Kier alpha value is -2.94. The molecule has 2 aromatic carbocycles. The molecule has 0 aliphatic heterocycles. The molecule has 0 aliphatic rings. The molecule has 0 fully saturated rings. The Morgan fingerprint density at radius 2 is 1.79 bits per heavy atom. The number of nitro benzene ring substituents is 1. The van der Waals surface area contributed by atoms with Crippen LogP contribution in [-0.4, -0.2) is 38.2 Å². The molecule has 126 valence electrons. The maximum Gasteiger partial charge on any atom is 0.289 e. The second-order valence-electron chi connectivity index (χ2n) is 5.11. The summed E-state index contributed by atoms with van der Waals surface area (Å²) in [5.41, 5.74) is -0.0888. The standard InChI is InChI=1S/C15H15N3O5S/c1-17(2)15(19)11-6-5-7-12(10-11)16-24(22,23)14-9-4-3-8-13(14)18(20)21/h3-10,16H,1-2H3. The van der Waals surface area contributed by atoms with E-state index in [1.807, 2.05) is 0 Å². The van der Waals surface area contributed by atoms with Crippen molar-refractivity contribution in [3.63, 3.8) is 0 Å². The van der Waals surface area contributed by atoms with Gasteiger partial charge in [-0.15, -0.1) is 0 Å². The molecule has 0 unspecified atom stereocenters. The number of hydrogen-bond acceptors (Lipinski definition) is 5. The molecule has 0 saturated heterocycles. The van der Waals surface area contributed by atoms with Crippen LogP contribution in [0.2, 0.25) is 0 Å². The summed E-state index contributed by atoms with van der Waals surface area (Å²) in [4.78, 5) is 23.1. The van der Waals surface area contributed by atoms with E-state index in [-0.39, 0.29) is 11.6 Å². The van der Waals surface area contributed by atoms with Crippen molar-refractivity contribution >= 4 is 27.3 Å². The number of carbonyl (C=O) groups is 1. The summed E-state index contributed by atoms with van der Waals surface area (Å²) < 4.78 is 27.1. The highest BCUT2D eigenvalue weighted by Gasteiger charge is 2.25.